The molecule has 4 heteroatoms. The van der Waals surface area contributed by atoms with Crippen molar-refractivity contribution in [2.45, 2.75) is 52.4 Å². The number of carbonyl (C=O) groups excluding carboxylic acids is 1. The number of nitrogens with one attached hydrogen (secondary N) is 2. The van der Waals surface area contributed by atoms with Gasteiger partial charge in [-0.05, 0) is 57.2 Å². The van der Waals surface area contributed by atoms with E-state index in [1.54, 1.807) is 0 Å². The number of amides is 1. The van der Waals surface area contributed by atoms with Crippen LogP contribution in [-0.2, 0) is 4.79 Å². The van der Waals surface area contributed by atoms with Gasteiger partial charge in [0, 0.05) is 25.6 Å². The number of carbonyl (C=O) groups is 1. The van der Waals surface area contributed by atoms with Crippen molar-refractivity contribution in [2.24, 2.45) is 11.3 Å². The number of hydrogen-bond donors (Lipinski definition) is 2. The Morgan fingerprint density at radius 2 is 1.86 bits per heavy atom. The van der Waals surface area contributed by atoms with E-state index in [1.807, 2.05) is 0 Å². The zero-order chi connectivity index (χ0) is 15.1. The molecule has 0 aromatic rings. The van der Waals surface area contributed by atoms with Crippen molar-refractivity contribution in [3.05, 3.63) is 0 Å². The first-order valence-corrected chi connectivity index (χ1v) is 8.90. The van der Waals surface area contributed by atoms with Crippen LogP contribution < -0.4 is 10.6 Å². The standard InChI is InChI=1S/C17H33N3O/c1-3-10-20-13-17(14-20)11-15(12-17)16(21)19-9-7-5-6-8-18-4-2/h15,18H,3-14H2,1-2H3,(H,19,21). The number of likely N-dealkylation sites (tertiary alicyclic amines) is 1. The molecule has 1 heterocycles. The second kappa shape index (κ2) is 8.14. The fraction of sp³-hybridized carbons (Fsp3) is 0.941. The summed E-state index contributed by atoms with van der Waals surface area (Å²) >= 11 is 0. The molecule has 1 amide bonds. The summed E-state index contributed by atoms with van der Waals surface area (Å²) in [5.74, 6) is 0.608. The maximum Gasteiger partial charge on any atom is 0.223 e. The van der Waals surface area contributed by atoms with Crippen molar-refractivity contribution in [1.29, 1.82) is 0 Å². The second-order valence-corrected chi connectivity index (χ2v) is 7.02. The van der Waals surface area contributed by atoms with Gasteiger partial charge in [0.25, 0.3) is 0 Å². The Labute approximate surface area is 130 Å². The molecule has 21 heavy (non-hydrogen) atoms. The fourth-order valence-corrected chi connectivity index (χ4v) is 3.89. The van der Waals surface area contributed by atoms with Crippen molar-refractivity contribution in [3.8, 4) is 0 Å². The van der Waals surface area contributed by atoms with E-state index in [9.17, 15) is 4.79 Å². The first kappa shape index (κ1) is 16.8. The molecule has 1 aliphatic heterocycles. The SMILES string of the molecule is CCCN1CC2(CC(C(=O)NCCCCCNCC)C2)C1. The monoisotopic (exact) mass is 295 g/mol. The summed E-state index contributed by atoms with van der Waals surface area (Å²) in [4.78, 5) is 14.6. The molecule has 0 atom stereocenters. The van der Waals surface area contributed by atoms with Gasteiger partial charge in [-0.1, -0.05) is 20.3 Å². The molecule has 2 N–H and O–H groups in total. The maximum atomic E-state index is 12.1. The Hall–Kier alpha value is -0.610. The van der Waals surface area contributed by atoms with E-state index in [0.29, 0.717) is 17.2 Å². The summed E-state index contributed by atoms with van der Waals surface area (Å²) in [6.07, 6.45) is 7.02. The Balaban J connectivity index is 1.46. The minimum absolute atomic E-state index is 0.301. The molecule has 1 aliphatic carbocycles. The van der Waals surface area contributed by atoms with E-state index in [2.05, 4.69) is 29.4 Å². The predicted molar refractivity (Wildman–Crippen MR) is 87.3 cm³/mol. The van der Waals surface area contributed by atoms with Crippen LogP contribution in [0, 0.1) is 11.3 Å². The number of hydrogen-bond acceptors (Lipinski definition) is 3. The zero-order valence-corrected chi connectivity index (χ0v) is 13.9. The highest BCUT2D eigenvalue weighted by Crippen LogP contribution is 2.51. The van der Waals surface area contributed by atoms with Crippen molar-refractivity contribution in [3.63, 3.8) is 0 Å². The van der Waals surface area contributed by atoms with Gasteiger partial charge in [0.2, 0.25) is 5.91 Å². The molecule has 1 saturated heterocycles. The quantitative estimate of drug-likeness (QED) is 0.606. The maximum absolute atomic E-state index is 12.1. The van der Waals surface area contributed by atoms with E-state index < -0.39 is 0 Å². The van der Waals surface area contributed by atoms with E-state index >= 15 is 0 Å². The lowest BCUT2D eigenvalue weighted by atomic mass is 9.57. The summed E-state index contributed by atoms with van der Waals surface area (Å²) in [6.45, 7) is 11.1. The molecule has 2 aliphatic rings. The van der Waals surface area contributed by atoms with Gasteiger partial charge in [0.1, 0.15) is 0 Å². The Bertz CT molecular complexity index is 318. The highest BCUT2D eigenvalue weighted by atomic mass is 16.1. The second-order valence-electron chi connectivity index (χ2n) is 7.02. The van der Waals surface area contributed by atoms with Gasteiger partial charge in [0.15, 0.2) is 0 Å². The average Bonchev–Trinajstić information content (AvgIpc) is 2.38. The van der Waals surface area contributed by atoms with Gasteiger partial charge in [0.05, 0.1) is 0 Å². The van der Waals surface area contributed by atoms with E-state index in [4.69, 9.17) is 0 Å². The van der Waals surface area contributed by atoms with Gasteiger partial charge < -0.3 is 15.5 Å². The van der Waals surface area contributed by atoms with Gasteiger partial charge in [-0.15, -0.1) is 0 Å². The summed E-state index contributed by atoms with van der Waals surface area (Å²) in [5, 5.41) is 6.45. The fourth-order valence-electron chi connectivity index (χ4n) is 3.89. The van der Waals surface area contributed by atoms with Crippen molar-refractivity contribution < 1.29 is 4.79 Å². The van der Waals surface area contributed by atoms with Gasteiger partial charge in [-0.3, -0.25) is 4.79 Å². The smallest absolute Gasteiger partial charge is 0.223 e. The lowest BCUT2D eigenvalue weighted by Crippen LogP contribution is -2.63. The molecule has 4 nitrogen and oxygen atoms in total. The lowest BCUT2D eigenvalue weighted by Gasteiger charge is -2.58. The summed E-state index contributed by atoms with van der Waals surface area (Å²) in [5.41, 5.74) is 0.517. The van der Waals surface area contributed by atoms with E-state index in [1.165, 1.54) is 38.9 Å². The third kappa shape index (κ3) is 4.68. The predicted octanol–water partition coefficient (Wildman–Crippen LogP) is 2.00. The molecule has 122 valence electrons. The van der Waals surface area contributed by atoms with Crippen LogP contribution in [0.3, 0.4) is 0 Å². The summed E-state index contributed by atoms with van der Waals surface area (Å²) < 4.78 is 0. The van der Waals surface area contributed by atoms with E-state index in [0.717, 1.165) is 38.9 Å². The van der Waals surface area contributed by atoms with Crippen molar-refractivity contribution in [2.75, 3.05) is 39.3 Å². The molecule has 0 unspecified atom stereocenters. The lowest BCUT2D eigenvalue weighted by molar-refractivity contribution is -0.144. The van der Waals surface area contributed by atoms with Crippen LogP contribution in [0.2, 0.25) is 0 Å². The molecule has 0 aromatic carbocycles. The van der Waals surface area contributed by atoms with E-state index in [-0.39, 0.29) is 0 Å². The van der Waals surface area contributed by atoms with Crippen LogP contribution in [0.25, 0.3) is 0 Å². The van der Waals surface area contributed by atoms with Crippen molar-refractivity contribution >= 4 is 5.91 Å². The third-order valence-corrected chi connectivity index (χ3v) is 4.97. The first-order valence-electron chi connectivity index (χ1n) is 8.90. The normalized spacial score (nSPS) is 21.0. The molecular weight excluding hydrogens is 262 g/mol. The molecule has 0 aromatic heterocycles. The van der Waals surface area contributed by atoms with Gasteiger partial charge >= 0.3 is 0 Å². The molecular formula is C17H33N3O. The van der Waals surface area contributed by atoms with Gasteiger partial charge in [-0.25, -0.2) is 0 Å². The first-order chi connectivity index (χ1) is 10.2. The largest absolute Gasteiger partial charge is 0.356 e. The van der Waals surface area contributed by atoms with Crippen LogP contribution >= 0.6 is 0 Å². The Morgan fingerprint density at radius 3 is 2.52 bits per heavy atom. The van der Waals surface area contributed by atoms with Crippen LogP contribution in [0.15, 0.2) is 0 Å². The van der Waals surface area contributed by atoms with Crippen molar-refractivity contribution in [1.82, 2.24) is 15.5 Å². The van der Waals surface area contributed by atoms with Crippen LogP contribution in [0.5, 0.6) is 0 Å². The van der Waals surface area contributed by atoms with Crippen LogP contribution in [-0.4, -0.2) is 50.1 Å². The zero-order valence-electron chi connectivity index (χ0n) is 13.9. The molecule has 0 bridgehead atoms. The highest BCUT2D eigenvalue weighted by molar-refractivity contribution is 5.79. The van der Waals surface area contributed by atoms with Crippen LogP contribution in [0.4, 0.5) is 0 Å². The number of rotatable bonds is 10. The number of unbranched alkanes of at least 4 members (excludes halogenated alkanes) is 2. The highest BCUT2D eigenvalue weighted by Gasteiger charge is 2.53. The van der Waals surface area contributed by atoms with Gasteiger partial charge in [-0.2, -0.15) is 0 Å². The average molecular weight is 295 g/mol. The Morgan fingerprint density at radius 1 is 1.14 bits per heavy atom. The minimum Gasteiger partial charge on any atom is -0.356 e. The summed E-state index contributed by atoms with van der Waals surface area (Å²) in [6, 6.07) is 0. The molecule has 2 fully saturated rings. The Kier molecular flexibility index (Phi) is 6.49. The number of nitrogens with zero attached hydrogens (tertiary/aromatic N) is 1. The molecule has 1 saturated carbocycles. The molecule has 1 spiro atoms. The molecule has 2 rings (SSSR count). The molecule has 0 radical (unpaired) electrons. The van der Waals surface area contributed by atoms with Crippen LogP contribution in [0.1, 0.15) is 52.4 Å². The minimum atomic E-state index is 0.301. The summed E-state index contributed by atoms with van der Waals surface area (Å²) in [7, 11) is 0. The third-order valence-electron chi connectivity index (χ3n) is 4.97. The topological polar surface area (TPSA) is 44.4 Å².